The summed E-state index contributed by atoms with van der Waals surface area (Å²) in [7, 11) is 0. The molecule has 0 bridgehead atoms. The molecular weight excluding hydrogens is 185 g/mol. The number of azide groups is 1. The molecule has 0 radical (unpaired) electrons. The molecule has 0 aromatic heterocycles. The van der Waals surface area contributed by atoms with E-state index >= 15 is 0 Å². The fourth-order valence-corrected chi connectivity index (χ4v) is 0.986. The predicted octanol–water partition coefficient (Wildman–Crippen LogP) is 3.55. The highest BCUT2D eigenvalue weighted by Crippen LogP contribution is 2.31. The smallest absolute Gasteiger partial charge is 0.136 e. The van der Waals surface area contributed by atoms with Crippen LogP contribution in [0.1, 0.15) is 13.8 Å². The first kappa shape index (κ1) is 10.3. The third kappa shape index (κ3) is 2.37. The lowest BCUT2D eigenvalue weighted by molar-refractivity contribution is 0.242. The van der Waals surface area contributed by atoms with Gasteiger partial charge in [0.15, 0.2) is 0 Å². The first-order valence-electron chi connectivity index (χ1n) is 4.15. The number of benzene rings is 1. The van der Waals surface area contributed by atoms with Crippen LogP contribution in [0.4, 0.5) is 10.1 Å². The molecule has 14 heavy (non-hydrogen) atoms. The Hall–Kier alpha value is -1.74. The van der Waals surface area contributed by atoms with Crippen molar-refractivity contribution < 1.29 is 9.13 Å². The molecule has 0 saturated carbocycles. The summed E-state index contributed by atoms with van der Waals surface area (Å²) in [4.78, 5) is 2.54. The third-order valence-corrected chi connectivity index (χ3v) is 1.46. The molecule has 0 aliphatic heterocycles. The van der Waals surface area contributed by atoms with Gasteiger partial charge in [0.2, 0.25) is 0 Å². The van der Waals surface area contributed by atoms with Gasteiger partial charge in [-0.3, -0.25) is 0 Å². The zero-order valence-corrected chi connectivity index (χ0v) is 7.94. The van der Waals surface area contributed by atoms with E-state index in [0.29, 0.717) is 0 Å². The van der Waals surface area contributed by atoms with Crippen molar-refractivity contribution in [2.45, 2.75) is 20.0 Å². The van der Waals surface area contributed by atoms with Crippen LogP contribution in [0.15, 0.2) is 23.3 Å². The van der Waals surface area contributed by atoms with Crippen molar-refractivity contribution in [1.82, 2.24) is 0 Å². The molecule has 0 aliphatic rings. The van der Waals surface area contributed by atoms with Crippen molar-refractivity contribution in [3.63, 3.8) is 0 Å². The number of ether oxygens (including phenoxy) is 1. The molecule has 5 heteroatoms. The zero-order chi connectivity index (χ0) is 10.6. The summed E-state index contributed by atoms with van der Waals surface area (Å²) < 4.78 is 18.4. The Bertz CT molecular complexity index is 372. The predicted molar refractivity (Wildman–Crippen MR) is 51.0 cm³/mol. The second-order valence-electron chi connectivity index (χ2n) is 2.94. The molecule has 1 rings (SSSR count). The Morgan fingerprint density at radius 1 is 1.50 bits per heavy atom. The Balaban J connectivity index is 3.14. The van der Waals surface area contributed by atoms with E-state index in [1.807, 2.05) is 13.8 Å². The summed E-state index contributed by atoms with van der Waals surface area (Å²) in [6, 6.07) is 4.29. The fourth-order valence-electron chi connectivity index (χ4n) is 0.986. The van der Waals surface area contributed by atoms with Gasteiger partial charge in [0, 0.05) is 4.91 Å². The fraction of sp³-hybridized carbons (Fsp3) is 0.333. The van der Waals surface area contributed by atoms with Crippen LogP contribution >= 0.6 is 0 Å². The van der Waals surface area contributed by atoms with Crippen molar-refractivity contribution in [3.8, 4) is 5.75 Å². The number of nitrogens with zero attached hydrogens (tertiary/aromatic N) is 3. The van der Waals surface area contributed by atoms with E-state index in [4.69, 9.17) is 10.3 Å². The summed E-state index contributed by atoms with van der Waals surface area (Å²) in [6.45, 7) is 3.62. The van der Waals surface area contributed by atoms with Crippen molar-refractivity contribution in [2.75, 3.05) is 0 Å². The summed E-state index contributed by atoms with van der Waals surface area (Å²) in [5.74, 6) is -0.321. The number of rotatable bonds is 3. The minimum Gasteiger partial charge on any atom is -0.490 e. The highest BCUT2D eigenvalue weighted by atomic mass is 19.1. The van der Waals surface area contributed by atoms with Crippen molar-refractivity contribution in [1.29, 1.82) is 0 Å². The van der Waals surface area contributed by atoms with Crippen LogP contribution in [0.3, 0.4) is 0 Å². The maximum absolute atomic E-state index is 13.1. The van der Waals surface area contributed by atoms with Crippen LogP contribution in [0, 0.1) is 5.82 Å². The maximum atomic E-state index is 13.1. The SMILES string of the molecule is CC(C)Oc1cccc(F)c1N=[N+]=[N-]. The van der Waals surface area contributed by atoms with Crippen molar-refractivity contribution >= 4 is 5.69 Å². The van der Waals surface area contributed by atoms with Gasteiger partial charge in [-0.25, -0.2) is 4.39 Å². The molecule has 4 nitrogen and oxygen atoms in total. The lowest BCUT2D eigenvalue weighted by Gasteiger charge is -2.11. The molecule has 1 aromatic rings. The topological polar surface area (TPSA) is 58.0 Å². The first-order chi connectivity index (χ1) is 6.65. The maximum Gasteiger partial charge on any atom is 0.136 e. The van der Waals surface area contributed by atoms with Crippen LogP contribution in [0.5, 0.6) is 5.75 Å². The van der Waals surface area contributed by atoms with Crippen LogP contribution in [-0.4, -0.2) is 6.10 Å². The van der Waals surface area contributed by atoms with Gasteiger partial charge >= 0.3 is 0 Å². The lowest BCUT2D eigenvalue weighted by atomic mass is 10.3. The zero-order valence-electron chi connectivity index (χ0n) is 7.94. The summed E-state index contributed by atoms with van der Waals surface area (Å²) in [5, 5.41) is 3.24. The highest BCUT2D eigenvalue weighted by molar-refractivity contribution is 5.52. The normalized spacial score (nSPS) is 9.71. The quantitative estimate of drug-likeness (QED) is 0.413. The first-order valence-corrected chi connectivity index (χ1v) is 4.15. The van der Waals surface area contributed by atoms with E-state index < -0.39 is 5.82 Å². The Kier molecular flexibility index (Phi) is 3.31. The minimum atomic E-state index is -0.582. The summed E-state index contributed by atoms with van der Waals surface area (Å²) >= 11 is 0. The molecule has 74 valence electrons. The minimum absolute atomic E-state index is 0.0931. The van der Waals surface area contributed by atoms with E-state index in [-0.39, 0.29) is 17.5 Å². The molecule has 0 amide bonds. The van der Waals surface area contributed by atoms with Gasteiger partial charge in [-0.15, -0.1) is 0 Å². The van der Waals surface area contributed by atoms with Crippen LogP contribution in [0.2, 0.25) is 0 Å². The molecular formula is C9H10FN3O. The van der Waals surface area contributed by atoms with Gasteiger partial charge in [0.1, 0.15) is 17.3 Å². The van der Waals surface area contributed by atoms with Gasteiger partial charge in [-0.05, 0) is 31.5 Å². The second kappa shape index (κ2) is 4.48. The molecule has 1 aromatic carbocycles. The number of hydrogen-bond acceptors (Lipinski definition) is 2. The summed E-state index contributed by atoms with van der Waals surface area (Å²) in [6.07, 6.45) is -0.0931. The Morgan fingerprint density at radius 3 is 2.79 bits per heavy atom. The molecule has 0 fully saturated rings. The molecule has 0 spiro atoms. The third-order valence-electron chi connectivity index (χ3n) is 1.46. The largest absolute Gasteiger partial charge is 0.490 e. The molecule has 0 atom stereocenters. The van der Waals surface area contributed by atoms with E-state index in [9.17, 15) is 4.39 Å². The molecule has 0 N–H and O–H groups in total. The van der Waals surface area contributed by atoms with Gasteiger partial charge in [-0.1, -0.05) is 11.2 Å². The van der Waals surface area contributed by atoms with Gasteiger partial charge in [0.25, 0.3) is 0 Å². The van der Waals surface area contributed by atoms with Crippen molar-refractivity contribution in [2.24, 2.45) is 5.11 Å². The van der Waals surface area contributed by atoms with E-state index in [2.05, 4.69) is 10.0 Å². The standard InChI is InChI=1S/C9H10FN3O/c1-6(2)14-8-5-3-4-7(10)9(8)12-13-11/h3-6H,1-2H3. The second-order valence-corrected chi connectivity index (χ2v) is 2.94. The number of halogens is 1. The van der Waals surface area contributed by atoms with E-state index in [1.54, 1.807) is 6.07 Å². The van der Waals surface area contributed by atoms with Crippen LogP contribution in [0.25, 0.3) is 10.4 Å². The summed E-state index contributed by atoms with van der Waals surface area (Å²) in [5.41, 5.74) is 8.15. The van der Waals surface area contributed by atoms with Crippen LogP contribution < -0.4 is 4.74 Å². The average Bonchev–Trinajstić information content (AvgIpc) is 2.10. The highest BCUT2D eigenvalue weighted by Gasteiger charge is 2.08. The molecule has 0 aliphatic carbocycles. The Morgan fingerprint density at radius 2 is 2.21 bits per heavy atom. The molecule has 0 heterocycles. The molecule has 0 saturated heterocycles. The average molecular weight is 195 g/mol. The van der Waals surface area contributed by atoms with Gasteiger partial charge in [0.05, 0.1) is 6.10 Å². The number of hydrogen-bond donors (Lipinski definition) is 0. The van der Waals surface area contributed by atoms with Gasteiger partial charge in [-0.2, -0.15) is 0 Å². The van der Waals surface area contributed by atoms with E-state index in [1.165, 1.54) is 12.1 Å². The van der Waals surface area contributed by atoms with Crippen LogP contribution in [-0.2, 0) is 0 Å². The monoisotopic (exact) mass is 195 g/mol. The Labute approximate surface area is 80.9 Å². The lowest BCUT2D eigenvalue weighted by Crippen LogP contribution is -2.05. The molecule has 0 unspecified atom stereocenters. The van der Waals surface area contributed by atoms with Crippen molar-refractivity contribution in [3.05, 3.63) is 34.5 Å². The van der Waals surface area contributed by atoms with Gasteiger partial charge < -0.3 is 4.74 Å². The van der Waals surface area contributed by atoms with E-state index in [0.717, 1.165) is 0 Å².